The maximum Gasteiger partial charge on any atom is 0.130 e. The number of nitrogens with zero attached hydrogens (tertiary/aromatic N) is 1. The van der Waals surface area contributed by atoms with E-state index in [-0.39, 0.29) is 5.66 Å². The molecular formula is C9H14N2S. The highest BCUT2D eigenvalue weighted by Crippen LogP contribution is 2.32. The average molecular weight is 182 g/mol. The quantitative estimate of drug-likeness (QED) is 0.580. The van der Waals surface area contributed by atoms with Gasteiger partial charge in [0.25, 0.3) is 0 Å². The normalized spacial score (nSPS) is 27.1. The van der Waals surface area contributed by atoms with E-state index in [1.54, 1.807) is 0 Å². The molecule has 1 fully saturated rings. The van der Waals surface area contributed by atoms with Gasteiger partial charge in [-0.3, -0.25) is 4.99 Å². The lowest BCUT2D eigenvalue weighted by Crippen LogP contribution is -2.43. The van der Waals surface area contributed by atoms with Crippen molar-refractivity contribution in [1.29, 1.82) is 0 Å². The van der Waals surface area contributed by atoms with Crippen molar-refractivity contribution in [2.24, 2.45) is 4.99 Å². The molecule has 12 heavy (non-hydrogen) atoms. The van der Waals surface area contributed by atoms with E-state index in [2.05, 4.69) is 10.3 Å². The molecule has 0 amide bonds. The average Bonchev–Trinajstić information content (AvgIpc) is 2.29. The zero-order valence-electron chi connectivity index (χ0n) is 7.39. The van der Waals surface area contributed by atoms with Gasteiger partial charge in [-0.15, -0.1) is 0 Å². The fourth-order valence-corrected chi connectivity index (χ4v) is 2.31. The van der Waals surface area contributed by atoms with Gasteiger partial charge in [-0.1, -0.05) is 18.6 Å². The summed E-state index contributed by atoms with van der Waals surface area (Å²) < 4.78 is 0. The van der Waals surface area contributed by atoms with Gasteiger partial charge in [0.05, 0.1) is 5.71 Å². The summed E-state index contributed by atoms with van der Waals surface area (Å²) in [5.41, 5.74) is 1.03. The second-order valence-electron chi connectivity index (χ2n) is 3.74. The first-order valence-corrected chi connectivity index (χ1v) is 5.02. The van der Waals surface area contributed by atoms with E-state index in [9.17, 15) is 0 Å². The van der Waals surface area contributed by atoms with Crippen LogP contribution in [0.25, 0.3) is 0 Å². The van der Waals surface area contributed by atoms with Gasteiger partial charge >= 0.3 is 0 Å². The Morgan fingerprint density at radius 3 is 2.50 bits per heavy atom. The minimum absolute atomic E-state index is 0.0133. The molecular weight excluding hydrogens is 168 g/mol. The summed E-state index contributed by atoms with van der Waals surface area (Å²) >= 11 is 5.15. The van der Waals surface area contributed by atoms with E-state index in [0.29, 0.717) is 0 Å². The molecule has 0 aromatic rings. The third-order valence-electron chi connectivity index (χ3n) is 2.74. The van der Waals surface area contributed by atoms with Gasteiger partial charge < -0.3 is 5.32 Å². The van der Waals surface area contributed by atoms with Crippen molar-refractivity contribution in [2.45, 2.75) is 44.7 Å². The summed E-state index contributed by atoms with van der Waals surface area (Å²) in [6, 6.07) is 0. The minimum Gasteiger partial charge on any atom is -0.351 e. The molecule has 2 rings (SSSR count). The molecule has 0 unspecified atom stereocenters. The fraction of sp³-hybridized carbons (Fsp3) is 0.778. The van der Waals surface area contributed by atoms with Crippen molar-refractivity contribution in [2.75, 3.05) is 0 Å². The number of nitrogens with one attached hydrogen (secondary N) is 1. The topological polar surface area (TPSA) is 24.4 Å². The van der Waals surface area contributed by atoms with Crippen molar-refractivity contribution in [3.05, 3.63) is 0 Å². The lowest BCUT2D eigenvalue weighted by molar-refractivity contribution is 0.286. The molecule has 3 heteroatoms. The zero-order valence-corrected chi connectivity index (χ0v) is 8.21. The van der Waals surface area contributed by atoms with Crippen LogP contribution in [0.4, 0.5) is 0 Å². The zero-order chi connectivity index (χ0) is 8.60. The van der Waals surface area contributed by atoms with Gasteiger partial charge in [0.1, 0.15) is 10.7 Å². The van der Waals surface area contributed by atoms with Crippen LogP contribution in [0.5, 0.6) is 0 Å². The molecule has 1 aliphatic heterocycles. The van der Waals surface area contributed by atoms with Gasteiger partial charge in [0.2, 0.25) is 0 Å². The van der Waals surface area contributed by atoms with Crippen LogP contribution < -0.4 is 5.32 Å². The molecule has 66 valence electrons. The van der Waals surface area contributed by atoms with E-state index in [1.165, 1.54) is 19.3 Å². The first-order valence-electron chi connectivity index (χ1n) is 4.61. The third-order valence-corrected chi connectivity index (χ3v) is 3.13. The molecule has 0 aromatic carbocycles. The number of rotatable bonds is 0. The molecule has 0 saturated heterocycles. The summed E-state index contributed by atoms with van der Waals surface area (Å²) in [5, 5.41) is 3.35. The number of thiocarbonyl (C=S) groups is 1. The van der Waals surface area contributed by atoms with Gasteiger partial charge in [-0.05, 0) is 32.6 Å². The third kappa shape index (κ3) is 1.26. The first kappa shape index (κ1) is 8.17. The minimum atomic E-state index is 0.0133. The summed E-state index contributed by atoms with van der Waals surface area (Å²) in [6.07, 6.45) is 6.23. The summed E-state index contributed by atoms with van der Waals surface area (Å²) in [6.45, 7) is 2.00. The Morgan fingerprint density at radius 1 is 1.33 bits per heavy atom. The van der Waals surface area contributed by atoms with Crippen LogP contribution in [-0.2, 0) is 0 Å². The van der Waals surface area contributed by atoms with Crippen LogP contribution in [-0.4, -0.2) is 16.4 Å². The Bertz CT molecular complexity index is 239. The highest BCUT2D eigenvalue weighted by molar-refractivity contribution is 7.82. The maximum absolute atomic E-state index is 5.15. The Labute approximate surface area is 78.5 Å². The first-order chi connectivity index (χ1) is 5.72. The van der Waals surface area contributed by atoms with Gasteiger partial charge in [0, 0.05) is 0 Å². The van der Waals surface area contributed by atoms with Crippen LogP contribution in [0.1, 0.15) is 39.0 Å². The molecule has 2 aliphatic rings. The number of hydrogen-bond acceptors (Lipinski definition) is 2. The molecule has 2 nitrogen and oxygen atoms in total. The van der Waals surface area contributed by atoms with E-state index in [4.69, 9.17) is 12.2 Å². The smallest absolute Gasteiger partial charge is 0.130 e. The molecule has 0 radical (unpaired) electrons. The molecule has 0 atom stereocenters. The lowest BCUT2D eigenvalue weighted by atomic mass is 9.90. The van der Waals surface area contributed by atoms with Gasteiger partial charge in [-0.2, -0.15) is 0 Å². The van der Waals surface area contributed by atoms with Crippen LogP contribution in [0.3, 0.4) is 0 Å². The molecule has 1 aliphatic carbocycles. The second kappa shape index (κ2) is 2.80. The van der Waals surface area contributed by atoms with Crippen LogP contribution in [0.15, 0.2) is 4.99 Å². The number of aliphatic imine (C=N–C) groups is 1. The summed E-state index contributed by atoms with van der Waals surface area (Å²) in [7, 11) is 0. The highest BCUT2D eigenvalue weighted by atomic mass is 32.1. The van der Waals surface area contributed by atoms with Crippen molar-refractivity contribution in [1.82, 2.24) is 5.32 Å². The van der Waals surface area contributed by atoms with Crippen LogP contribution in [0, 0.1) is 0 Å². The van der Waals surface area contributed by atoms with Crippen molar-refractivity contribution in [3.63, 3.8) is 0 Å². The second-order valence-corrected chi connectivity index (χ2v) is 4.15. The summed E-state index contributed by atoms with van der Waals surface area (Å²) in [5.74, 6) is 0. The summed E-state index contributed by atoms with van der Waals surface area (Å²) in [4.78, 5) is 5.48. The van der Waals surface area contributed by atoms with Crippen LogP contribution in [0.2, 0.25) is 0 Å². The Hall–Kier alpha value is -0.440. The Morgan fingerprint density at radius 2 is 2.00 bits per heavy atom. The maximum atomic E-state index is 5.15. The predicted octanol–water partition coefficient (Wildman–Crippen LogP) is 2.04. The van der Waals surface area contributed by atoms with Crippen LogP contribution >= 0.6 is 12.2 Å². The molecule has 1 saturated carbocycles. The standard InChI is InChI=1S/C9H14N2S/c1-7-8(12)11-9(10-7)5-3-2-4-6-9/h2-6H2,1H3,(H,11,12). The van der Waals surface area contributed by atoms with E-state index in [0.717, 1.165) is 23.5 Å². The lowest BCUT2D eigenvalue weighted by Gasteiger charge is -2.30. The van der Waals surface area contributed by atoms with E-state index in [1.807, 2.05) is 6.92 Å². The van der Waals surface area contributed by atoms with E-state index < -0.39 is 0 Å². The largest absolute Gasteiger partial charge is 0.351 e. The SMILES string of the molecule is CC1=NC2(CCCCC2)NC1=S. The van der Waals surface area contributed by atoms with Crippen molar-refractivity contribution in [3.8, 4) is 0 Å². The molecule has 1 N–H and O–H groups in total. The Balaban J connectivity index is 2.18. The van der Waals surface area contributed by atoms with Crippen molar-refractivity contribution < 1.29 is 0 Å². The van der Waals surface area contributed by atoms with Crippen molar-refractivity contribution >= 4 is 22.9 Å². The monoisotopic (exact) mass is 182 g/mol. The van der Waals surface area contributed by atoms with Gasteiger partial charge in [0.15, 0.2) is 0 Å². The molecule has 0 bridgehead atoms. The molecule has 1 spiro atoms. The van der Waals surface area contributed by atoms with E-state index >= 15 is 0 Å². The predicted molar refractivity (Wildman–Crippen MR) is 54.7 cm³/mol. The van der Waals surface area contributed by atoms with Gasteiger partial charge in [-0.25, -0.2) is 0 Å². The molecule has 0 aromatic heterocycles. The highest BCUT2D eigenvalue weighted by Gasteiger charge is 2.36. The number of hydrogen-bond donors (Lipinski definition) is 1. The Kier molecular flexibility index (Phi) is 1.91. The molecule has 1 heterocycles. The fourth-order valence-electron chi connectivity index (χ4n) is 2.07.